The Morgan fingerprint density at radius 1 is 1.11 bits per heavy atom. The Bertz CT molecular complexity index is 1540. The molecule has 6 rings (SSSR count). The SMILES string of the molecule is C=CC(=O)N1C[C@H]2CC(n3nc(-c4ccc(C(=O)Nc5ncccc5C)cc4)c4c(N)ncnc43)[C@H]1C2. The summed E-state index contributed by atoms with van der Waals surface area (Å²) in [5.41, 5.74) is 9.75. The first kappa shape index (κ1) is 22.8. The number of piperidine rings is 1. The average Bonchev–Trinajstić information content (AvgIpc) is 3.63. The van der Waals surface area contributed by atoms with Gasteiger partial charge in [0.15, 0.2) is 5.65 Å². The fourth-order valence-electron chi connectivity index (χ4n) is 5.63. The third kappa shape index (κ3) is 3.81. The lowest BCUT2D eigenvalue weighted by molar-refractivity contribution is -0.128. The first-order valence-corrected chi connectivity index (χ1v) is 12.2. The van der Waals surface area contributed by atoms with Crippen LogP contribution < -0.4 is 11.1 Å². The topological polar surface area (TPSA) is 132 Å². The number of aryl methyl sites for hydroxylation is 1. The lowest BCUT2D eigenvalue weighted by Crippen LogP contribution is -2.42. The molecular weight excluding hydrogens is 468 g/mol. The highest BCUT2D eigenvalue weighted by Crippen LogP contribution is 2.46. The maximum absolute atomic E-state index is 12.8. The summed E-state index contributed by atoms with van der Waals surface area (Å²) in [5.74, 6) is 0.974. The first-order valence-electron chi connectivity index (χ1n) is 12.2. The molecule has 1 unspecified atom stereocenters. The summed E-state index contributed by atoms with van der Waals surface area (Å²) >= 11 is 0. The molecule has 3 N–H and O–H groups in total. The van der Waals surface area contributed by atoms with Crippen molar-refractivity contribution in [2.24, 2.45) is 5.92 Å². The van der Waals surface area contributed by atoms with Crippen molar-refractivity contribution in [2.45, 2.75) is 31.8 Å². The van der Waals surface area contributed by atoms with Crippen molar-refractivity contribution in [1.82, 2.24) is 29.6 Å². The molecular formula is C27H26N8O2. The fraction of sp³-hybridized carbons (Fsp3) is 0.259. The molecule has 0 spiro atoms. The van der Waals surface area contributed by atoms with Gasteiger partial charge in [-0.15, -0.1) is 0 Å². The van der Waals surface area contributed by atoms with Gasteiger partial charge in [0.25, 0.3) is 5.91 Å². The second-order valence-electron chi connectivity index (χ2n) is 9.62. The van der Waals surface area contributed by atoms with Gasteiger partial charge in [0, 0.05) is 23.9 Å². The standard InChI is InChI=1S/C27H26N8O2/c1-3-21(36)34-13-16-11-19(34)20(12-16)35-26-22(24(28)30-14-31-26)23(33-35)17-6-8-18(9-7-17)27(37)32-25-15(2)5-4-10-29-25/h3-10,14,16,19-20H,1,11-13H2,2H3,(H2,28,30,31)(H,29,32,37)/t16-,19-,20?/m1/s1. The Morgan fingerprint density at radius 2 is 1.89 bits per heavy atom. The third-order valence-electron chi connectivity index (χ3n) is 7.40. The minimum atomic E-state index is -0.249. The summed E-state index contributed by atoms with van der Waals surface area (Å²) in [6.45, 7) is 6.29. The Morgan fingerprint density at radius 3 is 2.62 bits per heavy atom. The van der Waals surface area contributed by atoms with Gasteiger partial charge in [0.05, 0.1) is 17.5 Å². The minimum absolute atomic E-state index is 0.0140. The number of anilines is 2. The van der Waals surface area contributed by atoms with Crippen molar-refractivity contribution < 1.29 is 9.59 Å². The van der Waals surface area contributed by atoms with Crippen LogP contribution in [0.4, 0.5) is 11.6 Å². The van der Waals surface area contributed by atoms with E-state index in [2.05, 4.69) is 26.8 Å². The smallest absolute Gasteiger partial charge is 0.256 e. The molecule has 0 radical (unpaired) electrons. The monoisotopic (exact) mass is 494 g/mol. The molecule has 3 atom stereocenters. The van der Waals surface area contributed by atoms with Crippen molar-refractivity contribution in [1.29, 1.82) is 0 Å². The quantitative estimate of drug-likeness (QED) is 0.407. The van der Waals surface area contributed by atoms with Gasteiger partial charge in [-0.05, 0) is 55.5 Å². The molecule has 10 nitrogen and oxygen atoms in total. The highest BCUT2D eigenvalue weighted by Gasteiger charge is 2.48. The maximum atomic E-state index is 12.8. The number of carbonyl (C=O) groups is 2. The number of nitrogens with one attached hydrogen (secondary N) is 1. The van der Waals surface area contributed by atoms with Crippen LogP contribution >= 0.6 is 0 Å². The number of aromatic nitrogens is 5. The highest BCUT2D eigenvalue weighted by atomic mass is 16.2. The molecule has 4 heterocycles. The summed E-state index contributed by atoms with van der Waals surface area (Å²) < 4.78 is 1.90. The Kier molecular flexibility index (Phi) is 5.44. The summed E-state index contributed by atoms with van der Waals surface area (Å²) in [6.07, 6.45) is 6.30. The molecule has 10 heteroatoms. The van der Waals surface area contributed by atoms with Crippen LogP contribution in [0.5, 0.6) is 0 Å². The number of nitrogens with zero attached hydrogens (tertiary/aromatic N) is 6. The summed E-state index contributed by atoms with van der Waals surface area (Å²) in [5, 5.41) is 8.46. The zero-order valence-electron chi connectivity index (χ0n) is 20.3. The fourth-order valence-corrected chi connectivity index (χ4v) is 5.63. The minimum Gasteiger partial charge on any atom is -0.383 e. The van der Waals surface area contributed by atoms with Gasteiger partial charge in [-0.25, -0.2) is 19.6 Å². The van der Waals surface area contributed by atoms with Crippen molar-refractivity contribution in [3.05, 3.63) is 72.7 Å². The van der Waals surface area contributed by atoms with Crippen LogP contribution in [0.1, 0.15) is 34.8 Å². The van der Waals surface area contributed by atoms with Gasteiger partial charge in [-0.2, -0.15) is 5.10 Å². The molecule has 1 aromatic carbocycles. The lowest BCUT2D eigenvalue weighted by Gasteiger charge is -2.32. The van der Waals surface area contributed by atoms with Crippen molar-refractivity contribution >= 4 is 34.5 Å². The van der Waals surface area contributed by atoms with Crippen molar-refractivity contribution in [2.75, 3.05) is 17.6 Å². The highest BCUT2D eigenvalue weighted by molar-refractivity contribution is 6.05. The van der Waals surface area contributed by atoms with E-state index in [1.54, 1.807) is 18.3 Å². The zero-order valence-corrected chi connectivity index (χ0v) is 20.3. The molecule has 1 aliphatic heterocycles. The van der Waals surface area contributed by atoms with E-state index >= 15 is 0 Å². The van der Waals surface area contributed by atoms with E-state index in [-0.39, 0.29) is 23.9 Å². The van der Waals surface area contributed by atoms with Crippen molar-refractivity contribution in [3.63, 3.8) is 0 Å². The van der Waals surface area contributed by atoms with Gasteiger partial charge in [0.1, 0.15) is 23.7 Å². The number of hydrogen-bond donors (Lipinski definition) is 2. The molecule has 37 heavy (non-hydrogen) atoms. The molecule has 2 amide bonds. The largest absolute Gasteiger partial charge is 0.383 e. The molecule has 1 saturated heterocycles. The predicted molar refractivity (Wildman–Crippen MR) is 140 cm³/mol. The number of benzene rings is 1. The van der Waals surface area contributed by atoms with Crippen LogP contribution in [0, 0.1) is 12.8 Å². The van der Waals surface area contributed by atoms with Gasteiger partial charge >= 0.3 is 0 Å². The van der Waals surface area contributed by atoms with E-state index in [9.17, 15) is 9.59 Å². The molecule has 2 fully saturated rings. The second kappa shape index (κ2) is 8.81. The van der Waals surface area contributed by atoms with E-state index in [1.807, 2.05) is 40.8 Å². The third-order valence-corrected chi connectivity index (χ3v) is 7.40. The first-order chi connectivity index (χ1) is 17.9. The molecule has 2 aliphatic rings. The predicted octanol–water partition coefficient (Wildman–Crippen LogP) is 3.38. The van der Waals surface area contributed by atoms with Crippen LogP contribution in [-0.2, 0) is 4.79 Å². The normalized spacial score (nSPS) is 20.4. The Hall–Kier alpha value is -4.60. The van der Waals surface area contributed by atoms with Crippen LogP contribution in [0.2, 0.25) is 0 Å². The number of hydrogen-bond acceptors (Lipinski definition) is 7. The number of fused-ring (bicyclic) bond motifs is 3. The maximum Gasteiger partial charge on any atom is 0.256 e. The lowest BCUT2D eigenvalue weighted by atomic mass is 10.1. The number of pyridine rings is 1. The number of amides is 2. The van der Waals surface area contributed by atoms with Gasteiger partial charge < -0.3 is 16.0 Å². The number of nitrogens with two attached hydrogens (primary N) is 1. The van der Waals surface area contributed by atoms with Crippen LogP contribution in [0.25, 0.3) is 22.3 Å². The Balaban J connectivity index is 1.34. The molecule has 2 bridgehead atoms. The van der Waals surface area contributed by atoms with Gasteiger partial charge in [-0.1, -0.05) is 24.8 Å². The van der Waals surface area contributed by atoms with E-state index in [1.165, 1.54) is 12.4 Å². The van der Waals surface area contributed by atoms with Gasteiger partial charge in [0.2, 0.25) is 5.91 Å². The zero-order chi connectivity index (χ0) is 25.7. The molecule has 3 aromatic heterocycles. The van der Waals surface area contributed by atoms with Crippen LogP contribution in [-0.4, -0.2) is 54.0 Å². The summed E-state index contributed by atoms with van der Waals surface area (Å²) in [7, 11) is 0. The van der Waals surface area contributed by atoms with E-state index in [4.69, 9.17) is 10.8 Å². The van der Waals surface area contributed by atoms with Crippen LogP contribution in [0.15, 0.2) is 61.6 Å². The molecule has 186 valence electrons. The van der Waals surface area contributed by atoms with Gasteiger partial charge in [-0.3, -0.25) is 9.59 Å². The number of rotatable bonds is 5. The molecule has 1 saturated carbocycles. The summed E-state index contributed by atoms with van der Waals surface area (Å²) in [6, 6.07) is 10.9. The second-order valence-corrected chi connectivity index (χ2v) is 9.62. The van der Waals surface area contributed by atoms with E-state index in [0.717, 1.165) is 30.5 Å². The number of carbonyl (C=O) groups excluding carboxylic acids is 2. The van der Waals surface area contributed by atoms with Crippen LogP contribution in [0.3, 0.4) is 0 Å². The number of likely N-dealkylation sites (tertiary alicyclic amines) is 1. The average molecular weight is 495 g/mol. The Labute approximate surface area is 213 Å². The van der Waals surface area contributed by atoms with E-state index < -0.39 is 0 Å². The molecule has 4 aromatic rings. The number of nitrogen functional groups attached to an aromatic ring is 1. The van der Waals surface area contributed by atoms with Crippen molar-refractivity contribution in [3.8, 4) is 11.3 Å². The molecule has 1 aliphatic carbocycles. The van der Waals surface area contributed by atoms with E-state index in [0.29, 0.717) is 39.8 Å². The summed E-state index contributed by atoms with van der Waals surface area (Å²) in [4.78, 5) is 40.1.